The summed E-state index contributed by atoms with van der Waals surface area (Å²) in [5.74, 6) is 0.699. The first-order valence-corrected chi connectivity index (χ1v) is 4.87. The maximum atomic E-state index is 10.7. The molecule has 14 heavy (non-hydrogen) atoms. The van der Waals surface area contributed by atoms with Crippen LogP contribution in [0.4, 0.5) is 10.6 Å². The van der Waals surface area contributed by atoms with Crippen molar-refractivity contribution in [3.05, 3.63) is 12.3 Å². The van der Waals surface area contributed by atoms with Crippen LogP contribution < -0.4 is 11.1 Å². The molecule has 5 heteroatoms. The molecule has 0 spiro atoms. The quantitative estimate of drug-likeness (QED) is 0.748. The Morgan fingerprint density at radius 1 is 1.57 bits per heavy atom. The van der Waals surface area contributed by atoms with Crippen molar-refractivity contribution in [2.24, 2.45) is 5.73 Å². The van der Waals surface area contributed by atoms with Gasteiger partial charge in [0.15, 0.2) is 0 Å². The first-order chi connectivity index (χ1) is 6.77. The number of hydrogen-bond donors (Lipinski definition) is 2. The van der Waals surface area contributed by atoms with E-state index >= 15 is 0 Å². The summed E-state index contributed by atoms with van der Waals surface area (Å²) in [7, 11) is 0. The van der Waals surface area contributed by atoms with Gasteiger partial charge in [0, 0.05) is 6.07 Å². The Labute approximate surface area is 82.3 Å². The van der Waals surface area contributed by atoms with E-state index in [1.54, 1.807) is 12.3 Å². The lowest BCUT2D eigenvalue weighted by Gasteiger charge is -2.13. The largest absolute Gasteiger partial charge is 0.351 e. The van der Waals surface area contributed by atoms with Gasteiger partial charge < -0.3 is 5.73 Å². The SMILES string of the molecule is NC(=O)Nc1ccnn1C1CCCC1. The minimum absolute atomic E-state index is 0.423. The van der Waals surface area contributed by atoms with E-state index in [0.717, 1.165) is 12.8 Å². The van der Waals surface area contributed by atoms with Crippen molar-refractivity contribution >= 4 is 11.8 Å². The van der Waals surface area contributed by atoms with E-state index in [9.17, 15) is 4.79 Å². The number of carbonyl (C=O) groups excluding carboxylic acids is 1. The van der Waals surface area contributed by atoms with Gasteiger partial charge in [-0.05, 0) is 12.8 Å². The minimum Gasteiger partial charge on any atom is -0.351 e. The van der Waals surface area contributed by atoms with Crippen LogP contribution >= 0.6 is 0 Å². The Balaban J connectivity index is 2.15. The summed E-state index contributed by atoms with van der Waals surface area (Å²) in [6.07, 6.45) is 6.43. The summed E-state index contributed by atoms with van der Waals surface area (Å²) in [6.45, 7) is 0. The molecule has 76 valence electrons. The molecule has 0 bridgehead atoms. The highest BCUT2D eigenvalue weighted by Crippen LogP contribution is 2.30. The predicted octanol–water partition coefficient (Wildman–Crippen LogP) is 1.49. The number of urea groups is 1. The van der Waals surface area contributed by atoms with Gasteiger partial charge >= 0.3 is 6.03 Å². The van der Waals surface area contributed by atoms with Crippen LogP contribution in [-0.4, -0.2) is 15.8 Å². The summed E-state index contributed by atoms with van der Waals surface area (Å²) in [6, 6.07) is 1.65. The van der Waals surface area contributed by atoms with Crippen molar-refractivity contribution in [2.75, 3.05) is 5.32 Å². The van der Waals surface area contributed by atoms with Gasteiger partial charge in [0.05, 0.1) is 12.2 Å². The highest BCUT2D eigenvalue weighted by atomic mass is 16.2. The zero-order valence-corrected chi connectivity index (χ0v) is 7.94. The topological polar surface area (TPSA) is 72.9 Å². The fraction of sp³-hybridized carbons (Fsp3) is 0.556. The van der Waals surface area contributed by atoms with Gasteiger partial charge in [-0.3, -0.25) is 5.32 Å². The van der Waals surface area contributed by atoms with Crippen molar-refractivity contribution in [3.63, 3.8) is 0 Å². The van der Waals surface area contributed by atoms with Gasteiger partial charge in [0.25, 0.3) is 0 Å². The molecule has 1 fully saturated rings. The Bertz CT molecular complexity index is 327. The Morgan fingerprint density at radius 2 is 2.29 bits per heavy atom. The van der Waals surface area contributed by atoms with E-state index < -0.39 is 6.03 Å². The molecule has 2 amide bonds. The molecule has 1 aromatic rings. The first-order valence-electron chi connectivity index (χ1n) is 4.87. The molecule has 0 unspecified atom stereocenters. The molecular formula is C9H14N4O. The Hall–Kier alpha value is -1.52. The molecule has 0 saturated heterocycles. The average Bonchev–Trinajstić information content (AvgIpc) is 2.70. The van der Waals surface area contributed by atoms with Crippen LogP contribution in [0.1, 0.15) is 31.7 Å². The monoisotopic (exact) mass is 194 g/mol. The first kappa shape index (κ1) is 9.05. The van der Waals surface area contributed by atoms with Crippen molar-refractivity contribution in [1.29, 1.82) is 0 Å². The second kappa shape index (κ2) is 3.69. The number of hydrogen-bond acceptors (Lipinski definition) is 2. The molecular weight excluding hydrogens is 180 g/mol. The lowest BCUT2D eigenvalue weighted by Crippen LogP contribution is -2.22. The molecule has 1 aliphatic rings. The van der Waals surface area contributed by atoms with Crippen molar-refractivity contribution in [2.45, 2.75) is 31.7 Å². The van der Waals surface area contributed by atoms with Gasteiger partial charge in [0.2, 0.25) is 0 Å². The number of nitrogens with zero attached hydrogens (tertiary/aromatic N) is 2. The van der Waals surface area contributed by atoms with E-state index in [1.165, 1.54) is 12.8 Å². The second-order valence-corrected chi connectivity index (χ2v) is 3.59. The van der Waals surface area contributed by atoms with Gasteiger partial charge in [0.1, 0.15) is 5.82 Å². The third kappa shape index (κ3) is 1.71. The maximum absolute atomic E-state index is 10.7. The van der Waals surface area contributed by atoms with E-state index in [0.29, 0.717) is 11.9 Å². The fourth-order valence-corrected chi connectivity index (χ4v) is 1.98. The van der Waals surface area contributed by atoms with Gasteiger partial charge in [-0.25, -0.2) is 9.48 Å². The van der Waals surface area contributed by atoms with Crippen LogP contribution in [0.15, 0.2) is 12.3 Å². The Kier molecular flexibility index (Phi) is 2.39. The molecule has 0 radical (unpaired) electrons. The number of nitrogens with one attached hydrogen (secondary N) is 1. The van der Waals surface area contributed by atoms with E-state index in [1.807, 2.05) is 4.68 Å². The Morgan fingerprint density at radius 3 is 2.93 bits per heavy atom. The van der Waals surface area contributed by atoms with Crippen LogP contribution in [0.25, 0.3) is 0 Å². The van der Waals surface area contributed by atoms with Gasteiger partial charge in [-0.15, -0.1) is 0 Å². The molecule has 1 aromatic heterocycles. The third-order valence-corrected chi connectivity index (χ3v) is 2.59. The van der Waals surface area contributed by atoms with Crippen molar-refractivity contribution < 1.29 is 4.79 Å². The van der Waals surface area contributed by atoms with Crippen LogP contribution in [0.2, 0.25) is 0 Å². The zero-order chi connectivity index (χ0) is 9.97. The fourth-order valence-electron chi connectivity index (χ4n) is 1.98. The molecule has 0 atom stereocenters. The van der Waals surface area contributed by atoms with Gasteiger partial charge in [-0.2, -0.15) is 5.10 Å². The summed E-state index contributed by atoms with van der Waals surface area (Å²) in [5.41, 5.74) is 5.06. The zero-order valence-electron chi connectivity index (χ0n) is 7.94. The number of carbonyl (C=O) groups is 1. The highest BCUT2D eigenvalue weighted by Gasteiger charge is 2.19. The molecule has 1 heterocycles. The number of primary amides is 1. The van der Waals surface area contributed by atoms with E-state index in [-0.39, 0.29) is 0 Å². The van der Waals surface area contributed by atoms with Crippen molar-refractivity contribution in [3.8, 4) is 0 Å². The molecule has 5 nitrogen and oxygen atoms in total. The number of aromatic nitrogens is 2. The molecule has 2 rings (SSSR count). The summed E-state index contributed by atoms with van der Waals surface area (Å²) >= 11 is 0. The third-order valence-electron chi connectivity index (χ3n) is 2.59. The van der Waals surface area contributed by atoms with Gasteiger partial charge in [-0.1, -0.05) is 12.8 Å². The second-order valence-electron chi connectivity index (χ2n) is 3.59. The number of nitrogens with two attached hydrogens (primary N) is 1. The highest BCUT2D eigenvalue weighted by molar-refractivity contribution is 5.86. The smallest absolute Gasteiger partial charge is 0.317 e. The summed E-state index contributed by atoms with van der Waals surface area (Å²) in [5, 5.41) is 6.77. The van der Waals surface area contributed by atoms with Crippen LogP contribution in [0.5, 0.6) is 0 Å². The average molecular weight is 194 g/mol. The standard InChI is InChI=1S/C9H14N4O/c10-9(14)12-8-5-6-11-13(8)7-3-1-2-4-7/h5-7H,1-4H2,(H3,10,12,14). The lowest BCUT2D eigenvalue weighted by molar-refractivity contribution is 0.259. The molecule has 0 aliphatic heterocycles. The maximum Gasteiger partial charge on any atom is 0.317 e. The summed E-state index contributed by atoms with van der Waals surface area (Å²) in [4.78, 5) is 10.7. The van der Waals surface area contributed by atoms with E-state index in [2.05, 4.69) is 10.4 Å². The van der Waals surface area contributed by atoms with Crippen LogP contribution in [0.3, 0.4) is 0 Å². The lowest BCUT2D eigenvalue weighted by atomic mass is 10.2. The van der Waals surface area contributed by atoms with Crippen molar-refractivity contribution in [1.82, 2.24) is 9.78 Å². The molecule has 3 N–H and O–H groups in total. The van der Waals surface area contributed by atoms with Crippen LogP contribution in [-0.2, 0) is 0 Å². The number of amides is 2. The minimum atomic E-state index is -0.537. The predicted molar refractivity (Wildman–Crippen MR) is 52.9 cm³/mol. The number of anilines is 1. The van der Waals surface area contributed by atoms with E-state index in [4.69, 9.17) is 5.73 Å². The molecule has 1 aliphatic carbocycles. The molecule has 1 saturated carbocycles. The number of rotatable bonds is 2. The normalized spacial score (nSPS) is 17.1. The summed E-state index contributed by atoms with van der Waals surface area (Å²) < 4.78 is 1.86. The van der Waals surface area contributed by atoms with Crippen LogP contribution in [0, 0.1) is 0 Å². The molecule has 0 aromatic carbocycles.